The molecule has 1 saturated heterocycles. The van der Waals surface area contributed by atoms with Crippen LogP contribution in [0.25, 0.3) is 0 Å². The predicted octanol–water partition coefficient (Wildman–Crippen LogP) is 1.81. The second-order valence-electron chi connectivity index (χ2n) is 7.75. The van der Waals surface area contributed by atoms with Crippen LogP contribution in [0.2, 0.25) is 0 Å². The third-order valence-corrected chi connectivity index (χ3v) is 5.80. The third-order valence-electron chi connectivity index (χ3n) is 5.80. The largest absolute Gasteiger partial charge is 0.379 e. The summed E-state index contributed by atoms with van der Waals surface area (Å²) in [5, 5.41) is 5.46. The summed E-state index contributed by atoms with van der Waals surface area (Å²) in [4.78, 5) is 29.3. The molecule has 30 heavy (non-hydrogen) atoms. The second-order valence-corrected chi connectivity index (χ2v) is 7.75. The van der Waals surface area contributed by atoms with Crippen LogP contribution in [0.4, 0.5) is 11.4 Å². The Morgan fingerprint density at radius 2 is 1.80 bits per heavy atom. The molecule has 2 aromatic carbocycles. The van der Waals surface area contributed by atoms with Gasteiger partial charge in [-0.25, -0.2) is 0 Å². The van der Waals surface area contributed by atoms with Crippen molar-refractivity contribution >= 4 is 23.2 Å². The molecule has 0 bridgehead atoms. The van der Waals surface area contributed by atoms with E-state index in [1.807, 2.05) is 18.2 Å². The van der Waals surface area contributed by atoms with Crippen LogP contribution in [0.1, 0.15) is 17.2 Å². The normalized spacial score (nSPS) is 17.3. The zero-order valence-corrected chi connectivity index (χ0v) is 17.3. The van der Waals surface area contributed by atoms with Crippen molar-refractivity contribution in [1.82, 2.24) is 10.2 Å². The molecule has 0 saturated carbocycles. The van der Waals surface area contributed by atoms with Crippen LogP contribution >= 0.6 is 0 Å². The predicted molar refractivity (Wildman–Crippen MR) is 117 cm³/mol. The van der Waals surface area contributed by atoms with Crippen molar-refractivity contribution in [2.75, 3.05) is 56.7 Å². The van der Waals surface area contributed by atoms with Crippen LogP contribution in [-0.2, 0) is 20.7 Å². The zero-order chi connectivity index (χ0) is 20.9. The van der Waals surface area contributed by atoms with E-state index in [-0.39, 0.29) is 6.04 Å². The average molecular weight is 409 g/mol. The van der Waals surface area contributed by atoms with E-state index >= 15 is 0 Å². The number of hydrogen-bond acceptors (Lipinski definition) is 5. The highest BCUT2D eigenvalue weighted by Crippen LogP contribution is 2.31. The van der Waals surface area contributed by atoms with Gasteiger partial charge in [-0.15, -0.1) is 0 Å². The molecule has 2 heterocycles. The highest BCUT2D eigenvalue weighted by atomic mass is 16.5. The first-order valence-electron chi connectivity index (χ1n) is 10.4. The highest BCUT2D eigenvalue weighted by Gasteiger charge is 2.26. The van der Waals surface area contributed by atoms with Crippen molar-refractivity contribution in [3.63, 3.8) is 0 Å². The number of nitrogens with one attached hydrogen (secondary N) is 2. The Labute approximate surface area is 177 Å². The summed E-state index contributed by atoms with van der Waals surface area (Å²) in [6.07, 6.45) is 1.03. The van der Waals surface area contributed by atoms with Crippen molar-refractivity contribution in [3.8, 4) is 0 Å². The molecular weight excluding hydrogens is 380 g/mol. The zero-order valence-electron chi connectivity index (χ0n) is 17.3. The number of para-hydroxylation sites is 1. The maximum Gasteiger partial charge on any atom is 0.313 e. The average Bonchev–Trinajstić information content (AvgIpc) is 3.15. The summed E-state index contributed by atoms with van der Waals surface area (Å²) in [6.45, 7) is 4.34. The lowest BCUT2D eigenvalue weighted by molar-refractivity contribution is -0.136. The standard InChI is InChI=1S/C23H28N4O3/c1-26-10-9-18-15-17(7-8-20(18)26)21(27-11-13-30-14-12-27)16-24-22(28)23(29)25-19-5-3-2-4-6-19/h2-8,15,21H,9-14,16H2,1H3,(H,24,28)(H,25,29). The first kappa shape index (κ1) is 20.4. The molecule has 7 heteroatoms. The fourth-order valence-electron chi connectivity index (χ4n) is 4.12. The van der Waals surface area contributed by atoms with Gasteiger partial charge in [-0.05, 0) is 35.7 Å². The van der Waals surface area contributed by atoms with E-state index in [4.69, 9.17) is 4.74 Å². The number of morpholine rings is 1. The number of rotatable bonds is 5. The van der Waals surface area contributed by atoms with Crippen molar-refractivity contribution < 1.29 is 14.3 Å². The van der Waals surface area contributed by atoms with Gasteiger partial charge in [0.05, 0.1) is 19.3 Å². The SMILES string of the molecule is CN1CCc2cc(C(CNC(=O)C(=O)Nc3ccccc3)N3CCOCC3)ccc21. The molecule has 1 fully saturated rings. The highest BCUT2D eigenvalue weighted by molar-refractivity contribution is 6.39. The molecule has 2 amide bonds. The number of likely N-dealkylation sites (N-methyl/N-ethyl adjacent to an activating group) is 1. The molecule has 4 rings (SSSR count). The van der Waals surface area contributed by atoms with Gasteiger partial charge in [-0.1, -0.05) is 30.3 Å². The summed E-state index contributed by atoms with van der Waals surface area (Å²) in [6, 6.07) is 15.5. The monoisotopic (exact) mass is 408 g/mol. The number of carbonyl (C=O) groups is 2. The number of ether oxygens (including phenoxy) is 1. The molecule has 2 aromatic rings. The van der Waals surface area contributed by atoms with Crippen molar-refractivity contribution in [2.45, 2.75) is 12.5 Å². The van der Waals surface area contributed by atoms with Crippen molar-refractivity contribution in [3.05, 3.63) is 59.7 Å². The molecule has 1 unspecified atom stereocenters. The van der Waals surface area contributed by atoms with Gasteiger partial charge in [0, 0.05) is 44.6 Å². The summed E-state index contributed by atoms with van der Waals surface area (Å²) < 4.78 is 5.50. The molecule has 0 spiro atoms. The van der Waals surface area contributed by atoms with E-state index in [9.17, 15) is 9.59 Å². The van der Waals surface area contributed by atoms with E-state index < -0.39 is 11.8 Å². The van der Waals surface area contributed by atoms with E-state index in [2.05, 4.69) is 45.7 Å². The molecule has 1 atom stereocenters. The van der Waals surface area contributed by atoms with E-state index in [0.717, 1.165) is 31.6 Å². The van der Waals surface area contributed by atoms with Crippen LogP contribution in [-0.4, -0.2) is 63.2 Å². The number of anilines is 2. The van der Waals surface area contributed by atoms with Gasteiger partial charge in [0.1, 0.15) is 0 Å². The Hall–Kier alpha value is -2.90. The molecule has 0 aromatic heterocycles. The second kappa shape index (κ2) is 9.28. The van der Waals surface area contributed by atoms with Crippen LogP contribution < -0.4 is 15.5 Å². The van der Waals surface area contributed by atoms with Gasteiger partial charge < -0.3 is 20.3 Å². The van der Waals surface area contributed by atoms with Gasteiger partial charge in [-0.2, -0.15) is 0 Å². The Morgan fingerprint density at radius 3 is 2.57 bits per heavy atom. The smallest absolute Gasteiger partial charge is 0.313 e. The van der Waals surface area contributed by atoms with Gasteiger partial charge in [-0.3, -0.25) is 14.5 Å². The van der Waals surface area contributed by atoms with E-state index in [1.165, 1.54) is 11.3 Å². The number of benzene rings is 2. The van der Waals surface area contributed by atoms with Gasteiger partial charge >= 0.3 is 11.8 Å². The fourth-order valence-corrected chi connectivity index (χ4v) is 4.12. The number of nitrogens with zero attached hydrogens (tertiary/aromatic N) is 2. The minimum atomic E-state index is -0.655. The van der Waals surface area contributed by atoms with Crippen molar-refractivity contribution in [1.29, 1.82) is 0 Å². The molecule has 2 aliphatic heterocycles. The Balaban J connectivity index is 1.45. The molecule has 158 valence electrons. The minimum Gasteiger partial charge on any atom is -0.379 e. The quantitative estimate of drug-likeness (QED) is 0.739. The summed E-state index contributed by atoms with van der Waals surface area (Å²) in [5.74, 6) is -1.28. The number of fused-ring (bicyclic) bond motifs is 1. The van der Waals surface area contributed by atoms with Gasteiger partial charge in [0.25, 0.3) is 0 Å². The number of carbonyl (C=O) groups excluding carboxylic acids is 2. The molecular formula is C23H28N4O3. The lowest BCUT2D eigenvalue weighted by Crippen LogP contribution is -2.45. The Morgan fingerprint density at radius 1 is 1.03 bits per heavy atom. The number of hydrogen-bond donors (Lipinski definition) is 2. The lowest BCUT2D eigenvalue weighted by atomic mass is 10.0. The molecule has 0 radical (unpaired) electrons. The maximum absolute atomic E-state index is 12.4. The summed E-state index contributed by atoms with van der Waals surface area (Å²) >= 11 is 0. The van der Waals surface area contributed by atoms with Crippen molar-refractivity contribution in [2.24, 2.45) is 0 Å². The summed E-state index contributed by atoms with van der Waals surface area (Å²) in [5.41, 5.74) is 4.37. The Bertz CT molecular complexity index is 897. The lowest BCUT2D eigenvalue weighted by Gasteiger charge is -2.35. The first-order valence-corrected chi connectivity index (χ1v) is 10.4. The molecule has 2 N–H and O–H groups in total. The number of amides is 2. The fraction of sp³-hybridized carbons (Fsp3) is 0.391. The van der Waals surface area contributed by atoms with Crippen LogP contribution in [0.15, 0.2) is 48.5 Å². The molecule has 2 aliphatic rings. The van der Waals surface area contributed by atoms with E-state index in [1.54, 1.807) is 12.1 Å². The summed E-state index contributed by atoms with van der Waals surface area (Å²) in [7, 11) is 2.11. The topological polar surface area (TPSA) is 73.9 Å². The first-order chi connectivity index (χ1) is 14.6. The molecule has 0 aliphatic carbocycles. The Kier molecular flexibility index (Phi) is 6.30. The van der Waals surface area contributed by atoms with Crippen LogP contribution in [0.3, 0.4) is 0 Å². The maximum atomic E-state index is 12.4. The van der Waals surface area contributed by atoms with Crippen LogP contribution in [0, 0.1) is 0 Å². The van der Waals surface area contributed by atoms with E-state index in [0.29, 0.717) is 25.4 Å². The third kappa shape index (κ3) is 4.63. The van der Waals surface area contributed by atoms with Gasteiger partial charge in [0.15, 0.2) is 0 Å². The minimum absolute atomic E-state index is 0.00131. The van der Waals surface area contributed by atoms with Gasteiger partial charge in [0.2, 0.25) is 0 Å². The van der Waals surface area contributed by atoms with Crippen LogP contribution in [0.5, 0.6) is 0 Å². The molecule has 7 nitrogen and oxygen atoms in total.